The molecule has 1 fully saturated rings. The summed E-state index contributed by atoms with van der Waals surface area (Å²) in [6.07, 6.45) is 1.48. The smallest absolute Gasteiger partial charge is 0.254 e. The Labute approximate surface area is 196 Å². The Morgan fingerprint density at radius 3 is 2.55 bits per heavy atom. The predicted molar refractivity (Wildman–Crippen MR) is 128 cm³/mol. The van der Waals surface area contributed by atoms with Crippen molar-refractivity contribution in [3.8, 4) is 0 Å². The number of hydrogen-bond donors (Lipinski definition) is 2. The second kappa shape index (κ2) is 10.9. The molecule has 3 rings (SSSR count). The quantitative estimate of drug-likeness (QED) is 0.618. The van der Waals surface area contributed by atoms with Crippen LogP contribution in [-0.2, 0) is 21.4 Å². The summed E-state index contributed by atoms with van der Waals surface area (Å²) in [5.41, 5.74) is 1.90. The third-order valence-electron chi connectivity index (χ3n) is 5.82. The van der Waals surface area contributed by atoms with Crippen LogP contribution >= 0.6 is 0 Å². The minimum atomic E-state index is -3.79. The SMILES string of the molecule is Cc1ccc(S(=O)(=O)NCc2ccccc2)cc1C(=O)N1CCC[C@H](C(=O)NCC(C)C)C1. The molecule has 1 heterocycles. The van der Waals surface area contributed by atoms with Crippen LogP contribution in [0.4, 0.5) is 0 Å². The van der Waals surface area contributed by atoms with Crippen molar-refractivity contribution in [3.63, 3.8) is 0 Å². The number of piperidine rings is 1. The van der Waals surface area contributed by atoms with E-state index in [1.54, 1.807) is 17.9 Å². The summed E-state index contributed by atoms with van der Waals surface area (Å²) in [6.45, 7) is 7.53. The molecule has 33 heavy (non-hydrogen) atoms. The van der Waals surface area contributed by atoms with Gasteiger partial charge in [-0.3, -0.25) is 9.59 Å². The van der Waals surface area contributed by atoms with E-state index in [0.717, 1.165) is 18.4 Å². The highest BCUT2D eigenvalue weighted by molar-refractivity contribution is 7.89. The standard InChI is InChI=1S/C25H33N3O4S/c1-18(2)15-26-24(29)21-10-7-13-28(17-21)25(30)23-14-22(12-11-19(23)3)33(31,32)27-16-20-8-5-4-6-9-20/h4-6,8-9,11-12,14,18,21,27H,7,10,13,15-17H2,1-3H3,(H,26,29)/t21-/m0/s1. The van der Waals surface area contributed by atoms with Crippen LogP contribution in [0.2, 0.25) is 0 Å². The van der Waals surface area contributed by atoms with E-state index in [2.05, 4.69) is 10.0 Å². The molecule has 1 saturated heterocycles. The first-order chi connectivity index (χ1) is 15.7. The van der Waals surface area contributed by atoms with Gasteiger partial charge in [0, 0.05) is 31.7 Å². The lowest BCUT2D eigenvalue weighted by molar-refractivity contribution is -0.126. The van der Waals surface area contributed by atoms with Gasteiger partial charge in [0.05, 0.1) is 10.8 Å². The zero-order chi connectivity index (χ0) is 24.0. The van der Waals surface area contributed by atoms with E-state index in [9.17, 15) is 18.0 Å². The molecule has 1 atom stereocenters. The number of aryl methyl sites for hydroxylation is 1. The van der Waals surface area contributed by atoms with Gasteiger partial charge in [-0.2, -0.15) is 0 Å². The first-order valence-electron chi connectivity index (χ1n) is 11.4. The number of likely N-dealkylation sites (tertiary alicyclic amines) is 1. The number of sulfonamides is 1. The monoisotopic (exact) mass is 471 g/mol. The maximum atomic E-state index is 13.3. The third kappa shape index (κ3) is 6.65. The topological polar surface area (TPSA) is 95.6 Å². The molecule has 2 amide bonds. The molecule has 1 aliphatic heterocycles. The number of hydrogen-bond acceptors (Lipinski definition) is 4. The van der Waals surface area contributed by atoms with E-state index in [1.807, 2.05) is 44.2 Å². The maximum absolute atomic E-state index is 13.3. The summed E-state index contributed by atoms with van der Waals surface area (Å²) in [5, 5.41) is 2.95. The fourth-order valence-electron chi connectivity index (χ4n) is 3.85. The zero-order valence-electron chi connectivity index (χ0n) is 19.5. The average molecular weight is 472 g/mol. The van der Waals surface area contributed by atoms with E-state index in [1.165, 1.54) is 12.1 Å². The van der Waals surface area contributed by atoms with Crippen molar-refractivity contribution >= 4 is 21.8 Å². The highest BCUT2D eigenvalue weighted by Crippen LogP contribution is 2.22. The molecule has 178 valence electrons. The summed E-state index contributed by atoms with van der Waals surface area (Å²) >= 11 is 0. The maximum Gasteiger partial charge on any atom is 0.254 e. The van der Waals surface area contributed by atoms with Gasteiger partial charge in [-0.1, -0.05) is 50.2 Å². The normalized spacial score (nSPS) is 16.6. The van der Waals surface area contributed by atoms with E-state index >= 15 is 0 Å². The summed E-state index contributed by atoms with van der Waals surface area (Å²) in [7, 11) is -3.79. The number of nitrogens with zero attached hydrogens (tertiary/aromatic N) is 1. The summed E-state index contributed by atoms with van der Waals surface area (Å²) in [4.78, 5) is 27.5. The number of rotatable bonds is 8. The van der Waals surface area contributed by atoms with Gasteiger partial charge in [0.25, 0.3) is 5.91 Å². The van der Waals surface area contributed by atoms with Crippen molar-refractivity contribution < 1.29 is 18.0 Å². The van der Waals surface area contributed by atoms with Gasteiger partial charge in [0.1, 0.15) is 0 Å². The lowest BCUT2D eigenvalue weighted by atomic mass is 9.95. The second-order valence-corrected chi connectivity index (χ2v) is 10.8. The van der Waals surface area contributed by atoms with Gasteiger partial charge < -0.3 is 10.2 Å². The van der Waals surface area contributed by atoms with Gasteiger partial charge in [-0.25, -0.2) is 13.1 Å². The minimum Gasteiger partial charge on any atom is -0.356 e. The number of benzene rings is 2. The van der Waals surface area contributed by atoms with Crippen LogP contribution in [0.3, 0.4) is 0 Å². The van der Waals surface area contributed by atoms with Gasteiger partial charge in [0.15, 0.2) is 0 Å². The molecular formula is C25H33N3O4S. The highest BCUT2D eigenvalue weighted by atomic mass is 32.2. The van der Waals surface area contributed by atoms with E-state index in [0.29, 0.717) is 36.7 Å². The van der Waals surface area contributed by atoms with Crippen LogP contribution in [0.15, 0.2) is 53.4 Å². The first-order valence-corrected chi connectivity index (χ1v) is 12.9. The van der Waals surface area contributed by atoms with Crippen LogP contribution in [-0.4, -0.2) is 44.8 Å². The van der Waals surface area contributed by atoms with Crippen molar-refractivity contribution in [1.82, 2.24) is 14.9 Å². The third-order valence-corrected chi connectivity index (χ3v) is 7.22. The predicted octanol–water partition coefficient (Wildman–Crippen LogP) is 3.10. The molecule has 7 nitrogen and oxygen atoms in total. The molecular weight excluding hydrogens is 438 g/mol. The van der Waals surface area contributed by atoms with E-state index < -0.39 is 10.0 Å². The van der Waals surface area contributed by atoms with Crippen LogP contribution in [0.25, 0.3) is 0 Å². The van der Waals surface area contributed by atoms with E-state index in [-0.39, 0.29) is 29.2 Å². The van der Waals surface area contributed by atoms with Crippen molar-refractivity contribution in [1.29, 1.82) is 0 Å². The second-order valence-electron chi connectivity index (χ2n) is 9.02. The highest BCUT2D eigenvalue weighted by Gasteiger charge is 2.30. The molecule has 0 spiro atoms. The molecule has 0 unspecified atom stereocenters. The van der Waals surface area contributed by atoms with E-state index in [4.69, 9.17) is 0 Å². The van der Waals surface area contributed by atoms with Gasteiger partial charge in [0.2, 0.25) is 15.9 Å². The van der Waals surface area contributed by atoms with Crippen LogP contribution in [0, 0.1) is 18.8 Å². The number of amides is 2. The van der Waals surface area contributed by atoms with Gasteiger partial charge in [-0.05, 0) is 48.9 Å². The molecule has 2 N–H and O–H groups in total. The summed E-state index contributed by atoms with van der Waals surface area (Å²) in [5.74, 6) is -0.160. The summed E-state index contributed by atoms with van der Waals surface area (Å²) in [6, 6.07) is 13.9. The molecule has 0 radical (unpaired) electrons. The van der Waals surface area contributed by atoms with Crippen molar-refractivity contribution in [2.75, 3.05) is 19.6 Å². The summed E-state index contributed by atoms with van der Waals surface area (Å²) < 4.78 is 28.3. The average Bonchev–Trinajstić information content (AvgIpc) is 2.81. The molecule has 0 bridgehead atoms. The molecule has 8 heteroatoms. The molecule has 1 aliphatic rings. The van der Waals surface area contributed by atoms with Gasteiger partial charge >= 0.3 is 0 Å². The largest absolute Gasteiger partial charge is 0.356 e. The fourth-order valence-corrected chi connectivity index (χ4v) is 4.89. The Morgan fingerprint density at radius 1 is 1.12 bits per heavy atom. The first kappa shape index (κ1) is 24.9. The van der Waals surface area contributed by atoms with Crippen LogP contribution in [0.1, 0.15) is 48.2 Å². The Bertz CT molecular complexity index is 1080. The van der Waals surface area contributed by atoms with Crippen molar-refractivity contribution in [2.45, 2.75) is 45.1 Å². The molecule has 2 aromatic carbocycles. The Kier molecular flexibility index (Phi) is 8.26. The molecule has 2 aromatic rings. The lowest BCUT2D eigenvalue weighted by Crippen LogP contribution is -2.46. The molecule has 0 aromatic heterocycles. The Morgan fingerprint density at radius 2 is 1.85 bits per heavy atom. The van der Waals surface area contributed by atoms with Crippen molar-refractivity contribution in [2.24, 2.45) is 11.8 Å². The number of carbonyl (C=O) groups is 2. The fraction of sp³-hybridized carbons (Fsp3) is 0.440. The number of nitrogens with one attached hydrogen (secondary N) is 2. The Hall–Kier alpha value is -2.71. The van der Waals surface area contributed by atoms with Crippen LogP contribution < -0.4 is 10.0 Å². The number of carbonyl (C=O) groups excluding carboxylic acids is 2. The Balaban J connectivity index is 1.72. The molecule has 0 aliphatic carbocycles. The molecule has 0 saturated carbocycles. The zero-order valence-corrected chi connectivity index (χ0v) is 20.3. The van der Waals surface area contributed by atoms with Crippen molar-refractivity contribution in [3.05, 3.63) is 65.2 Å². The van der Waals surface area contributed by atoms with Crippen LogP contribution in [0.5, 0.6) is 0 Å². The minimum absolute atomic E-state index is 0.0284. The lowest BCUT2D eigenvalue weighted by Gasteiger charge is -2.32. The van der Waals surface area contributed by atoms with Gasteiger partial charge in [-0.15, -0.1) is 0 Å².